The lowest BCUT2D eigenvalue weighted by molar-refractivity contribution is -0.122. The molecule has 4 amide bonds. The second kappa shape index (κ2) is 6.25. The maximum absolute atomic E-state index is 13.0. The summed E-state index contributed by atoms with van der Waals surface area (Å²) in [5.41, 5.74) is 2.87. The van der Waals surface area contributed by atoms with Crippen LogP contribution in [0.3, 0.4) is 0 Å². The number of rotatable bonds is 2. The Morgan fingerprint density at radius 1 is 0.963 bits per heavy atom. The maximum atomic E-state index is 13.0. The highest BCUT2D eigenvalue weighted by molar-refractivity contribution is 6.39. The van der Waals surface area contributed by atoms with Crippen molar-refractivity contribution in [3.63, 3.8) is 0 Å². The number of anilines is 1. The third-order valence-corrected chi connectivity index (χ3v) is 4.69. The molecule has 6 heteroatoms. The first kappa shape index (κ1) is 16.8. The number of carbonyl (C=O) groups is 3. The predicted molar refractivity (Wildman–Crippen MR) is 103 cm³/mol. The molecule has 4 rings (SSSR count). The van der Waals surface area contributed by atoms with E-state index < -0.39 is 17.8 Å². The van der Waals surface area contributed by atoms with Gasteiger partial charge in [0.2, 0.25) is 0 Å². The molecule has 1 saturated heterocycles. The lowest BCUT2D eigenvalue weighted by Gasteiger charge is -2.27. The number of nitrogens with zero attached hydrogens (tertiary/aromatic N) is 2. The minimum atomic E-state index is -0.741. The van der Waals surface area contributed by atoms with Crippen LogP contribution in [0.2, 0.25) is 0 Å². The number of nitrogens with one attached hydrogen (secondary N) is 1. The number of fused-ring (bicyclic) bond motifs is 1. The molecule has 1 aliphatic heterocycles. The predicted octanol–water partition coefficient (Wildman–Crippen LogP) is 3.15. The number of barbiturate groups is 1. The summed E-state index contributed by atoms with van der Waals surface area (Å²) in [7, 11) is 1.90. The first-order valence-electron chi connectivity index (χ1n) is 8.48. The highest BCUT2D eigenvalue weighted by Crippen LogP contribution is 2.27. The Labute approximate surface area is 155 Å². The second-order valence-electron chi connectivity index (χ2n) is 6.46. The Balaban J connectivity index is 1.83. The Bertz CT molecular complexity index is 1140. The smallest absolute Gasteiger partial charge is 0.335 e. The lowest BCUT2D eigenvalue weighted by atomic mass is 10.1. The van der Waals surface area contributed by atoms with Crippen LogP contribution < -0.4 is 10.2 Å². The summed E-state index contributed by atoms with van der Waals surface area (Å²) in [6, 6.07) is 14.0. The first-order chi connectivity index (χ1) is 13.0. The zero-order valence-corrected chi connectivity index (χ0v) is 14.9. The monoisotopic (exact) mass is 359 g/mol. The number of imide groups is 2. The van der Waals surface area contributed by atoms with E-state index in [4.69, 9.17) is 0 Å². The van der Waals surface area contributed by atoms with Gasteiger partial charge in [-0.2, -0.15) is 0 Å². The Kier molecular flexibility index (Phi) is 3.88. The number of urea groups is 1. The van der Waals surface area contributed by atoms with Gasteiger partial charge in [0, 0.05) is 29.7 Å². The van der Waals surface area contributed by atoms with Crippen molar-refractivity contribution in [2.45, 2.75) is 6.92 Å². The van der Waals surface area contributed by atoms with Crippen LogP contribution in [0.25, 0.3) is 17.0 Å². The third-order valence-electron chi connectivity index (χ3n) is 4.69. The van der Waals surface area contributed by atoms with Gasteiger partial charge in [0.05, 0.1) is 5.69 Å². The number of hydrogen-bond donors (Lipinski definition) is 1. The van der Waals surface area contributed by atoms with Crippen molar-refractivity contribution in [2.24, 2.45) is 7.05 Å². The zero-order valence-electron chi connectivity index (χ0n) is 14.9. The molecule has 2 heterocycles. The van der Waals surface area contributed by atoms with E-state index in [-0.39, 0.29) is 5.57 Å². The van der Waals surface area contributed by atoms with Gasteiger partial charge in [-0.1, -0.05) is 36.4 Å². The van der Waals surface area contributed by atoms with Crippen molar-refractivity contribution in [3.8, 4) is 0 Å². The minimum Gasteiger partial charge on any atom is -0.350 e. The maximum Gasteiger partial charge on any atom is 0.335 e. The molecule has 6 nitrogen and oxygen atoms in total. The summed E-state index contributed by atoms with van der Waals surface area (Å²) in [5, 5.41) is 3.19. The summed E-state index contributed by atoms with van der Waals surface area (Å²) in [5.74, 6) is -1.33. The van der Waals surface area contributed by atoms with Gasteiger partial charge in [-0.05, 0) is 30.7 Å². The van der Waals surface area contributed by atoms with Crippen LogP contribution in [0.5, 0.6) is 0 Å². The number of benzene rings is 2. The van der Waals surface area contributed by atoms with Crippen LogP contribution in [0.15, 0.2) is 60.3 Å². The van der Waals surface area contributed by atoms with Gasteiger partial charge in [-0.15, -0.1) is 0 Å². The average Bonchev–Trinajstić information content (AvgIpc) is 2.96. The Morgan fingerprint density at radius 2 is 1.67 bits per heavy atom. The van der Waals surface area contributed by atoms with Crippen LogP contribution >= 0.6 is 0 Å². The van der Waals surface area contributed by atoms with Crippen molar-refractivity contribution < 1.29 is 14.4 Å². The van der Waals surface area contributed by atoms with Crippen LogP contribution in [0, 0.1) is 6.92 Å². The summed E-state index contributed by atoms with van der Waals surface area (Å²) in [6.07, 6.45) is 3.39. The van der Waals surface area contributed by atoms with Gasteiger partial charge in [0.25, 0.3) is 11.8 Å². The fourth-order valence-corrected chi connectivity index (χ4v) is 3.33. The molecule has 1 aromatic heterocycles. The fourth-order valence-electron chi connectivity index (χ4n) is 3.33. The molecule has 3 aromatic rings. The fraction of sp³-hybridized carbons (Fsp3) is 0.0952. The summed E-state index contributed by atoms with van der Waals surface area (Å²) < 4.78 is 1.93. The molecule has 0 bridgehead atoms. The van der Waals surface area contributed by atoms with E-state index in [1.165, 1.54) is 6.08 Å². The van der Waals surface area contributed by atoms with Crippen LogP contribution in [-0.4, -0.2) is 22.4 Å². The van der Waals surface area contributed by atoms with Crippen LogP contribution in [0.4, 0.5) is 10.5 Å². The van der Waals surface area contributed by atoms with Crippen molar-refractivity contribution in [1.29, 1.82) is 0 Å². The van der Waals surface area contributed by atoms with Gasteiger partial charge >= 0.3 is 6.03 Å². The van der Waals surface area contributed by atoms with E-state index in [2.05, 4.69) is 5.32 Å². The molecule has 0 aliphatic carbocycles. The third kappa shape index (κ3) is 2.71. The molecule has 134 valence electrons. The molecule has 0 spiro atoms. The van der Waals surface area contributed by atoms with Gasteiger partial charge in [0.15, 0.2) is 0 Å². The molecule has 1 fully saturated rings. The quantitative estimate of drug-likeness (QED) is 0.564. The Hall–Kier alpha value is -3.67. The standard InChI is InChI=1S/C21H17N3O3/c1-13-7-3-5-9-17(13)24-20(26)16(19(25)22-21(24)27)11-14-12-23(2)18-10-6-4-8-15(14)18/h3-12H,1-2H3,(H,22,25,27)/b16-11-. The second-order valence-corrected chi connectivity index (χ2v) is 6.46. The number of aryl methyl sites for hydroxylation is 2. The summed E-state index contributed by atoms with van der Waals surface area (Å²) in [6.45, 7) is 1.81. The van der Waals surface area contributed by atoms with Gasteiger partial charge in [0.1, 0.15) is 5.57 Å². The van der Waals surface area contributed by atoms with Crippen molar-refractivity contribution in [1.82, 2.24) is 9.88 Å². The number of hydrogen-bond acceptors (Lipinski definition) is 3. The van der Waals surface area contributed by atoms with Crippen molar-refractivity contribution >= 4 is 40.5 Å². The van der Waals surface area contributed by atoms with Gasteiger partial charge in [-0.3, -0.25) is 14.9 Å². The van der Waals surface area contributed by atoms with Gasteiger partial charge in [-0.25, -0.2) is 9.69 Å². The van der Waals surface area contributed by atoms with E-state index >= 15 is 0 Å². The molecule has 0 radical (unpaired) electrons. The first-order valence-corrected chi connectivity index (χ1v) is 8.48. The summed E-state index contributed by atoms with van der Waals surface area (Å²) in [4.78, 5) is 38.7. The molecular formula is C21H17N3O3. The molecular weight excluding hydrogens is 342 g/mol. The summed E-state index contributed by atoms with van der Waals surface area (Å²) >= 11 is 0. The van der Waals surface area contributed by atoms with E-state index in [9.17, 15) is 14.4 Å². The van der Waals surface area contributed by atoms with Crippen molar-refractivity contribution in [2.75, 3.05) is 4.90 Å². The van der Waals surface area contributed by atoms with Crippen LogP contribution in [0.1, 0.15) is 11.1 Å². The number of carbonyl (C=O) groups excluding carboxylic acids is 3. The van der Waals surface area contributed by atoms with E-state index in [0.717, 1.165) is 26.9 Å². The molecule has 1 N–H and O–H groups in total. The van der Waals surface area contributed by atoms with Crippen molar-refractivity contribution in [3.05, 3.63) is 71.4 Å². The largest absolute Gasteiger partial charge is 0.350 e. The normalized spacial score (nSPS) is 16.3. The Morgan fingerprint density at radius 3 is 2.44 bits per heavy atom. The molecule has 0 saturated carbocycles. The molecule has 1 aliphatic rings. The van der Waals surface area contributed by atoms with E-state index in [1.54, 1.807) is 25.1 Å². The number of amides is 4. The molecule has 0 unspecified atom stereocenters. The molecule has 0 atom stereocenters. The minimum absolute atomic E-state index is 0.0748. The lowest BCUT2D eigenvalue weighted by Crippen LogP contribution is -2.54. The number of para-hydroxylation sites is 2. The van der Waals surface area contributed by atoms with Crippen LogP contribution in [-0.2, 0) is 16.6 Å². The van der Waals surface area contributed by atoms with E-state index in [1.807, 2.05) is 48.1 Å². The highest BCUT2D eigenvalue weighted by atomic mass is 16.2. The zero-order chi connectivity index (χ0) is 19.1. The molecule has 2 aromatic carbocycles. The topological polar surface area (TPSA) is 71.4 Å². The number of aromatic nitrogens is 1. The van der Waals surface area contributed by atoms with Gasteiger partial charge < -0.3 is 4.57 Å². The average molecular weight is 359 g/mol. The highest BCUT2D eigenvalue weighted by Gasteiger charge is 2.37. The van der Waals surface area contributed by atoms with E-state index in [0.29, 0.717) is 5.69 Å². The molecule has 27 heavy (non-hydrogen) atoms. The SMILES string of the molecule is Cc1ccccc1N1C(=O)NC(=O)/C(=C/c2cn(C)c3ccccc23)C1=O.